The Morgan fingerprint density at radius 2 is 1.95 bits per heavy atom. The molecule has 5 nitrogen and oxygen atoms in total. The third-order valence-corrected chi connectivity index (χ3v) is 5.50. The molecule has 1 amide bonds. The molecule has 1 aliphatic carbocycles. The van der Waals surface area contributed by atoms with Crippen LogP contribution in [0.5, 0.6) is 11.5 Å². The molecule has 2 aromatic rings. The fourth-order valence-corrected chi connectivity index (χ4v) is 4.52. The molecule has 0 fully saturated rings. The smallest absolute Gasteiger partial charge is 0.256 e. The summed E-state index contributed by atoms with van der Waals surface area (Å²) in [6, 6.07) is 4.39. The van der Waals surface area contributed by atoms with E-state index in [0.717, 1.165) is 29.8 Å². The van der Waals surface area contributed by atoms with Crippen molar-refractivity contribution in [1.82, 2.24) is 5.32 Å². The Morgan fingerprint density at radius 1 is 1.14 bits per heavy atom. The Labute approximate surface area is 131 Å². The van der Waals surface area contributed by atoms with Gasteiger partial charge in [0.15, 0.2) is 0 Å². The van der Waals surface area contributed by atoms with E-state index in [0.29, 0.717) is 5.56 Å². The molecule has 0 radical (unpaired) electrons. The highest BCUT2D eigenvalue weighted by Crippen LogP contribution is 2.42. The van der Waals surface area contributed by atoms with Crippen molar-refractivity contribution in [3.8, 4) is 11.5 Å². The van der Waals surface area contributed by atoms with Crippen LogP contribution in [0.15, 0.2) is 18.2 Å². The summed E-state index contributed by atoms with van der Waals surface area (Å²) in [6.45, 7) is 0. The highest BCUT2D eigenvalue weighted by atomic mass is 32.1. The summed E-state index contributed by atoms with van der Waals surface area (Å²) in [4.78, 5) is 13.8. The van der Waals surface area contributed by atoms with Crippen molar-refractivity contribution in [3.05, 3.63) is 39.8 Å². The quantitative estimate of drug-likeness (QED) is 0.652. The number of nitrogens with one attached hydrogen (secondary N) is 2. The lowest BCUT2D eigenvalue weighted by atomic mass is 9.94. The SMILES string of the molecule is O=C1NC(c2ccc(O)cc2O)Nc2sc3c(c21)CCCC3. The molecular formula is C16H16N2O3S. The van der Waals surface area contributed by atoms with E-state index in [4.69, 9.17) is 0 Å². The minimum Gasteiger partial charge on any atom is -0.508 e. The second-order valence-corrected chi connectivity index (χ2v) is 6.81. The Kier molecular flexibility index (Phi) is 3.00. The molecule has 0 bridgehead atoms. The van der Waals surface area contributed by atoms with Crippen LogP contribution in [0, 0.1) is 0 Å². The molecule has 1 atom stereocenters. The summed E-state index contributed by atoms with van der Waals surface area (Å²) in [5, 5.41) is 26.5. The van der Waals surface area contributed by atoms with Crippen LogP contribution in [0.4, 0.5) is 5.00 Å². The zero-order chi connectivity index (χ0) is 15.3. The third kappa shape index (κ3) is 2.02. The molecule has 2 heterocycles. The van der Waals surface area contributed by atoms with Gasteiger partial charge in [0, 0.05) is 16.5 Å². The maximum absolute atomic E-state index is 12.5. The first-order chi connectivity index (χ1) is 10.6. The van der Waals surface area contributed by atoms with Crippen LogP contribution in [0.25, 0.3) is 0 Å². The summed E-state index contributed by atoms with van der Waals surface area (Å²) in [6.07, 6.45) is 3.82. The summed E-state index contributed by atoms with van der Waals surface area (Å²) in [5.41, 5.74) is 2.50. The summed E-state index contributed by atoms with van der Waals surface area (Å²) in [5.74, 6) is -0.135. The van der Waals surface area contributed by atoms with Gasteiger partial charge in [-0.3, -0.25) is 4.79 Å². The van der Waals surface area contributed by atoms with E-state index in [9.17, 15) is 15.0 Å². The number of rotatable bonds is 1. The molecule has 1 unspecified atom stereocenters. The Bertz CT molecular complexity index is 769. The van der Waals surface area contributed by atoms with Crippen LogP contribution in [0.2, 0.25) is 0 Å². The first-order valence-electron chi connectivity index (χ1n) is 7.37. The highest BCUT2D eigenvalue weighted by Gasteiger charge is 2.32. The maximum atomic E-state index is 12.5. The first kappa shape index (κ1) is 13.5. The van der Waals surface area contributed by atoms with Gasteiger partial charge in [0.05, 0.1) is 5.56 Å². The lowest BCUT2D eigenvalue weighted by Gasteiger charge is -2.27. The molecule has 4 N–H and O–H groups in total. The van der Waals surface area contributed by atoms with E-state index in [1.54, 1.807) is 17.4 Å². The predicted molar refractivity (Wildman–Crippen MR) is 84.6 cm³/mol. The molecular weight excluding hydrogens is 300 g/mol. The van der Waals surface area contributed by atoms with Crippen LogP contribution in [-0.2, 0) is 12.8 Å². The van der Waals surface area contributed by atoms with Crippen molar-refractivity contribution in [2.24, 2.45) is 0 Å². The monoisotopic (exact) mass is 316 g/mol. The molecule has 0 spiro atoms. The van der Waals surface area contributed by atoms with E-state index >= 15 is 0 Å². The number of aryl methyl sites for hydroxylation is 1. The average molecular weight is 316 g/mol. The molecule has 0 saturated carbocycles. The van der Waals surface area contributed by atoms with Gasteiger partial charge in [-0.15, -0.1) is 11.3 Å². The first-order valence-corrected chi connectivity index (χ1v) is 8.19. The number of phenols is 2. The van der Waals surface area contributed by atoms with Crippen LogP contribution in [0.1, 0.15) is 45.4 Å². The van der Waals surface area contributed by atoms with E-state index in [1.807, 2.05) is 0 Å². The fraction of sp³-hybridized carbons (Fsp3) is 0.312. The van der Waals surface area contributed by atoms with Crippen molar-refractivity contribution < 1.29 is 15.0 Å². The van der Waals surface area contributed by atoms with E-state index < -0.39 is 6.17 Å². The lowest BCUT2D eigenvalue weighted by Crippen LogP contribution is -2.38. The minimum absolute atomic E-state index is 0.00402. The maximum Gasteiger partial charge on any atom is 0.256 e. The Morgan fingerprint density at radius 3 is 2.77 bits per heavy atom. The van der Waals surface area contributed by atoms with Crippen molar-refractivity contribution in [1.29, 1.82) is 0 Å². The number of fused-ring (bicyclic) bond motifs is 3. The largest absolute Gasteiger partial charge is 0.508 e. The Balaban J connectivity index is 1.73. The topological polar surface area (TPSA) is 81.6 Å². The molecule has 114 valence electrons. The van der Waals surface area contributed by atoms with Crippen LogP contribution in [-0.4, -0.2) is 16.1 Å². The summed E-state index contributed by atoms with van der Waals surface area (Å²) >= 11 is 1.65. The van der Waals surface area contributed by atoms with Gasteiger partial charge >= 0.3 is 0 Å². The summed E-state index contributed by atoms with van der Waals surface area (Å²) in [7, 11) is 0. The average Bonchev–Trinajstić information content (AvgIpc) is 2.85. The minimum atomic E-state index is -0.485. The number of carbonyl (C=O) groups is 1. The second kappa shape index (κ2) is 4.91. The normalized spacial score (nSPS) is 19.8. The van der Waals surface area contributed by atoms with Crippen LogP contribution < -0.4 is 10.6 Å². The number of benzene rings is 1. The molecule has 2 aliphatic rings. The van der Waals surface area contributed by atoms with Gasteiger partial charge in [-0.25, -0.2) is 0 Å². The second-order valence-electron chi connectivity index (χ2n) is 5.71. The van der Waals surface area contributed by atoms with Crippen LogP contribution in [0.3, 0.4) is 0 Å². The number of hydrogen-bond acceptors (Lipinski definition) is 5. The van der Waals surface area contributed by atoms with E-state index in [-0.39, 0.29) is 17.4 Å². The van der Waals surface area contributed by atoms with Crippen molar-refractivity contribution in [2.75, 3.05) is 5.32 Å². The van der Waals surface area contributed by atoms with Gasteiger partial charge in [-0.1, -0.05) is 0 Å². The van der Waals surface area contributed by atoms with Gasteiger partial charge in [-0.2, -0.15) is 0 Å². The number of aromatic hydroxyl groups is 2. The zero-order valence-corrected chi connectivity index (χ0v) is 12.7. The highest BCUT2D eigenvalue weighted by molar-refractivity contribution is 7.16. The fourth-order valence-electron chi connectivity index (χ4n) is 3.21. The standard InChI is InChI=1S/C16H16N2O3S/c19-8-5-6-9(11(20)7-8)14-17-15(21)13-10-3-1-2-4-12(10)22-16(13)18-14/h5-7,14,18-20H,1-4H2,(H,17,21). The number of carbonyl (C=O) groups excluding carboxylic acids is 1. The van der Waals surface area contributed by atoms with Crippen LogP contribution >= 0.6 is 11.3 Å². The predicted octanol–water partition coefficient (Wildman–Crippen LogP) is 2.89. The molecule has 1 aliphatic heterocycles. The van der Waals surface area contributed by atoms with Crippen molar-refractivity contribution in [2.45, 2.75) is 31.8 Å². The molecule has 4 rings (SSSR count). The molecule has 22 heavy (non-hydrogen) atoms. The molecule has 6 heteroatoms. The number of amides is 1. The third-order valence-electron chi connectivity index (χ3n) is 4.27. The summed E-state index contributed by atoms with van der Waals surface area (Å²) < 4.78 is 0. The molecule has 0 saturated heterocycles. The molecule has 1 aromatic carbocycles. The number of thiophene rings is 1. The van der Waals surface area contributed by atoms with E-state index in [1.165, 1.54) is 29.0 Å². The molecule has 1 aromatic heterocycles. The van der Waals surface area contributed by atoms with Gasteiger partial charge < -0.3 is 20.8 Å². The lowest BCUT2D eigenvalue weighted by molar-refractivity contribution is 0.0935. The number of anilines is 1. The van der Waals surface area contributed by atoms with Gasteiger partial charge in [0.25, 0.3) is 5.91 Å². The van der Waals surface area contributed by atoms with Crippen molar-refractivity contribution in [3.63, 3.8) is 0 Å². The Hall–Kier alpha value is -2.21. The van der Waals surface area contributed by atoms with Gasteiger partial charge in [-0.05, 0) is 43.4 Å². The number of phenolic OH excluding ortho intramolecular Hbond substituents is 2. The van der Waals surface area contributed by atoms with Gasteiger partial charge in [0.2, 0.25) is 0 Å². The zero-order valence-electron chi connectivity index (χ0n) is 11.8. The van der Waals surface area contributed by atoms with Crippen molar-refractivity contribution >= 4 is 22.2 Å². The number of hydrogen-bond donors (Lipinski definition) is 4. The van der Waals surface area contributed by atoms with Gasteiger partial charge in [0.1, 0.15) is 22.7 Å². The van der Waals surface area contributed by atoms with E-state index in [2.05, 4.69) is 10.6 Å².